The van der Waals surface area contributed by atoms with E-state index in [4.69, 9.17) is 14.2 Å². The number of fused-ring (bicyclic) bond motifs is 2. The first-order valence-electron chi connectivity index (χ1n) is 16.4. The smallest absolute Gasteiger partial charge is 0.196 e. The number of methoxy groups -OCH3 is 2. The van der Waals surface area contributed by atoms with Crippen LogP contribution in [0.4, 0.5) is 11.4 Å². The van der Waals surface area contributed by atoms with Crippen LogP contribution in [-0.2, 0) is 10.3 Å². The monoisotopic (exact) mass is 656 g/mol. The molecule has 0 spiro atoms. The van der Waals surface area contributed by atoms with Crippen LogP contribution in [0.3, 0.4) is 0 Å². The van der Waals surface area contributed by atoms with E-state index in [0.29, 0.717) is 66.2 Å². The summed E-state index contributed by atoms with van der Waals surface area (Å²) in [7, 11) is 3.29. The van der Waals surface area contributed by atoms with E-state index in [1.807, 2.05) is 72.8 Å². The Bertz CT molecular complexity index is 1860. The van der Waals surface area contributed by atoms with Crippen LogP contribution < -0.4 is 20.1 Å². The van der Waals surface area contributed by atoms with E-state index in [-0.39, 0.29) is 18.2 Å². The summed E-state index contributed by atoms with van der Waals surface area (Å²) in [5, 5.41) is 15.8. The first kappa shape index (κ1) is 33.5. The minimum absolute atomic E-state index is 0.0357. The topological polar surface area (TPSA) is 106 Å². The molecule has 250 valence electrons. The molecule has 1 aliphatic carbocycles. The van der Waals surface area contributed by atoms with Gasteiger partial charge in [-0.1, -0.05) is 78.9 Å². The van der Waals surface area contributed by atoms with Gasteiger partial charge in [0, 0.05) is 42.2 Å². The Morgan fingerprint density at radius 1 is 0.571 bits per heavy atom. The van der Waals surface area contributed by atoms with Crippen molar-refractivity contribution in [3.8, 4) is 11.5 Å². The SMILES string of the molecule is COc1ccc(C(OCCCNc2cccc3c2C(=O)c2cccc(NCCCO)c2C3=O)(c2ccccc2)c2ccc(OC)cc2)cc1. The number of nitrogens with one attached hydrogen (secondary N) is 2. The molecule has 0 aromatic heterocycles. The van der Waals surface area contributed by atoms with Crippen LogP contribution in [-0.4, -0.2) is 57.2 Å². The zero-order valence-electron chi connectivity index (χ0n) is 27.7. The van der Waals surface area contributed by atoms with Crippen LogP contribution in [0.2, 0.25) is 0 Å². The van der Waals surface area contributed by atoms with Crippen molar-refractivity contribution in [1.82, 2.24) is 0 Å². The van der Waals surface area contributed by atoms with E-state index in [9.17, 15) is 14.7 Å². The summed E-state index contributed by atoms with van der Waals surface area (Å²) in [6.45, 7) is 1.42. The number of hydrogen-bond donors (Lipinski definition) is 3. The van der Waals surface area contributed by atoms with Gasteiger partial charge in [-0.3, -0.25) is 9.59 Å². The van der Waals surface area contributed by atoms with Crippen LogP contribution in [0.25, 0.3) is 0 Å². The molecule has 0 saturated heterocycles. The average Bonchev–Trinajstić information content (AvgIpc) is 3.16. The molecule has 5 aromatic carbocycles. The van der Waals surface area contributed by atoms with E-state index in [1.165, 1.54) is 0 Å². The lowest BCUT2D eigenvalue weighted by Crippen LogP contribution is -2.33. The van der Waals surface area contributed by atoms with E-state index < -0.39 is 5.60 Å². The molecule has 0 radical (unpaired) electrons. The Kier molecular flexibility index (Phi) is 10.4. The first-order chi connectivity index (χ1) is 24.0. The molecule has 0 amide bonds. The number of aliphatic hydroxyl groups is 1. The Balaban J connectivity index is 1.24. The molecule has 0 saturated carbocycles. The van der Waals surface area contributed by atoms with Crippen LogP contribution in [0, 0.1) is 0 Å². The summed E-state index contributed by atoms with van der Waals surface area (Å²) in [6.07, 6.45) is 1.15. The van der Waals surface area contributed by atoms with Crippen LogP contribution >= 0.6 is 0 Å². The van der Waals surface area contributed by atoms with Crippen molar-refractivity contribution in [2.24, 2.45) is 0 Å². The minimum atomic E-state index is -0.930. The van der Waals surface area contributed by atoms with Crippen molar-refractivity contribution in [2.45, 2.75) is 18.4 Å². The first-order valence-corrected chi connectivity index (χ1v) is 16.4. The Labute approximate surface area is 286 Å². The molecule has 49 heavy (non-hydrogen) atoms. The number of rotatable bonds is 15. The number of aliphatic hydroxyl groups excluding tert-OH is 1. The number of carbonyl (C=O) groups excluding carboxylic acids is 2. The third-order valence-electron chi connectivity index (χ3n) is 8.85. The molecule has 0 fully saturated rings. The number of ether oxygens (including phenoxy) is 3. The van der Waals surface area contributed by atoms with Crippen molar-refractivity contribution < 1.29 is 28.9 Å². The number of hydrogen-bond acceptors (Lipinski definition) is 8. The molecule has 0 bridgehead atoms. The van der Waals surface area contributed by atoms with E-state index in [2.05, 4.69) is 22.8 Å². The molecule has 8 heteroatoms. The van der Waals surface area contributed by atoms with Crippen LogP contribution in [0.5, 0.6) is 11.5 Å². The van der Waals surface area contributed by atoms with Gasteiger partial charge in [0.1, 0.15) is 17.1 Å². The third kappa shape index (κ3) is 6.66. The third-order valence-corrected chi connectivity index (χ3v) is 8.85. The number of ketones is 2. The number of carbonyl (C=O) groups is 2. The molecule has 5 aromatic rings. The van der Waals surface area contributed by atoms with Gasteiger partial charge in [0.2, 0.25) is 0 Å². The quantitative estimate of drug-likeness (QED) is 0.0796. The summed E-state index contributed by atoms with van der Waals surface area (Å²) in [4.78, 5) is 27.6. The fourth-order valence-corrected chi connectivity index (χ4v) is 6.43. The lowest BCUT2D eigenvalue weighted by atomic mass is 9.80. The largest absolute Gasteiger partial charge is 0.497 e. The molecular weight excluding hydrogens is 616 g/mol. The van der Waals surface area contributed by atoms with E-state index in [1.54, 1.807) is 44.6 Å². The lowest BCUT2D eigenvalue weighted by molar-refractivity contribution is 0.0127. The fraction of sp³-hybridized carbons (Fsp3) is 0.220. The molecule has 6 rings (SSSR count). The average molecular weight is 657 g/mol. The fourth-order valence-electron chi connectivity index (χ4n) is 6.43. The Morgan fingerprint density at radius 2 is 1.04 bits per heavy atom. The zero-order valence-corrected chi connectivity index (χ0v) is 27.7. The summed E-state index contributed by atoms with van der Waals surface area (Å²) < 4.78 is 17.9. The molecule has 3 N–H and O–H groups in total. The second kappa shape index (κ2) is 15.2. The Morgan fingerprint density at radius 3 is 1.51 bits per heavy atom. The summed E-state index contributed by atoms with van der Waals surface area (Å²) in [5.41, 5.74) is 4.64. The molecule has 0 heterocycles. The van der Waals surface area contributed by atoms with Crippen LogP contribution in [0.1, 0.15) is 61.4 Å². The second-order valence-corrected chi connectivity index (χ2v) is 11.8. The molecule has 0 atom stereocenters. The van der Waals surface area contributed by atoms with Gasteiger partial charge in [0.25, 0.3) is 0 Å². The van der Waals surface area contributed by atoms with Crippen molar-refractivity contribution >= 4 is 22.9 Å². The maximum atomic E-state index is 13.8. The van der Waals surface area contributed by atoms with E-state index >= 15 is 0 Å². The van der Waals surface area contributed by atoms with Gasteiger partial charge >= 0.3 is 0 Å². The predicted octanol–water partition coefficient (Wildman–Crippen LogP) is 7.08. The maximum Gasteiger partial charge on any atom is 0.196 e. The molecule has 0 aliphatic heterocycles. The highest BCUT2D eigenvalue weighted by molar-refractivity contribution is 6.31. The minimum Gasteiger partial charge on any atom is -0.497 e. The lowest BCUT2D eigenvalue weighted by Gasteiger charge is -2.36. The van der Waals surface area contributed by atoms with E-state index in [0.717, 1.165) is 28.2 Å². The predicted molar refractivity (Wildman–Crippen MR) is 191 cm³/mol. The van der Waals surface area contributed by atoms with Gasteiger partial charge in [-0.25, -0.2) is 0 Å². The molecule has 0 unspecified atom stereocenters. The van der Waals surface area contributed by atoms with Crippen molar-refractivity contribution in [3.63, 3.8) is 0 Å². The van der Waals surface area contributed by atoms with Gasteiger partial charge < -0.3 is 30.0 Å². The van der Waals surface area contributed by atoms with Gasteiger partial charge in [-0.15, -0.1) is 0 Å². The summed E-state index contributed by atoms with van der Waals surface area (Å²) in [6, 6.07) is 36.6. The molecular formula is C41H40N2O6. The van der Waals surface area contributed by atoms with Gasteiger partial charge in [0.15, 0.2) is 11.6 Å². The Hall–Kier alpha value is -5.44. The van der Waals surface area contributed by atoms with Crippen molar-refractivity contribution in [1.29, 1.82) is 0 Å². The van der Waals surface area contributed by atoms with Gasteiger partial charge in [0.05, 0.1) is 32.0 Å². The van der Waals surface area contributed by atoms with Crippen LogP contribution in [0.15, 0.2) is 115 Å². The number of benzene rings is 5. The van der Waals surface area contributed by atoms with Crippen molar-refractivity contribution in [3.05, 3.63) is 154 Å². The summed E-state index contributed by atoms with van der Waals surface area (Å²) >= 11 is 0. The molecule has 1 aliphatic rings. The second-order valence-electron chi connectivity index (χ2n) is 11.8. The highest BCUT2D eigenvalue weighted by Crippen LogP contribution is 2.42. The van der Waals surface area contributed by atoms with Gasteiger partial charge in [-0.05, 0) is 65.9 Å². The maximum absolute atomic E-state index is 13.8. The number of anilines is 2. The zero-order chi connectivity index (χ0) is 34.2. The summed E-state index contributed by atoms with van der Waals surface area (Å²) in [5.74, 6) is 1.11. The molecule has 8 nitrogen and oxygen atoms in total. The highest BCUT2D eigenvalue weighted by Gasteiger charge is 2.38. The van der Waals surface area contributed by atoms with Crippen molar-refractivity contribution in [2.75, 3.05) is 51.2 Å². The highest BCUT2D eigenvalue weighted by atomic mass is 16.5. The normalized spacial score (nSPS) is 12.2. The van der Waals surface area contributed by atoms with Gasteiger partial charge in [-0.2, -0.15) is 0 Å². The standard InChI is InChI=1S/C41H40N2O6/c1-47-31-20-16-29(17-21-31)41(28-10-4-3-5-11-28,30-18-22-32(48-2)23-19-30)49-27-9-25-43-36-15-7-13-34-38(36)40(46)33-12-6-14-35(37(33)39(34)45)42-24-8-26-44/h3-7,10-23,42-44H,8-9,24-27H2,1-2H3.